The first-order valence-electron chi connectivity index (χ1n) is 5.59. The van der Waals surface area contributed by atoms with Crippen molar-refractivity contribution in [1.82, 2.24) is 9.55 Å². The first-order valence-corrected chi connectivity index (χ1v) is 5.59. The van der Waals surface area contributed by atoms with E-state index in [1.54, 1.807) is 10.9 Å². The minimum atomic E-state index is -0.482. The summed E-state index contributed by atoms with van der Waals surface area (Å²) in [5, 5.41) is 0. The Morgan fingerprint density at radius 1 is 1.50 bits per heavy atom. The van der Waals surface area contributed by atoms with Gasteiger partial charge in [0.1, 0.15) is 5.82 Å². The summed E-state index contributed by atoms with van der Waals surface area (Å²) < 4.78 is 6.37. The average Bonchev–Trinajstić information content (AvgIpc) is 2.65. The summed E-state index contributed by atoms with van der Waals surface area (Å²) >= 11 is 0. The number of nitrogens with two attached hydrogens (primary N) is 1. The van der Waals surface area contributed by atoms with E-state index in [0.29, 0.717) is 5.82 Å². The molecular weight excluding hydrogens is 206 g/mol. The van der Waals surface area contributed by atoms with Gasteiger partial charge in [0, 0.05) is 6.54 Å². The molecule has 0 bridgehead atoms. The van der Waals surface area contributed by atoms with Crippen molar-refractivity contribution in [2.45, 2.75) is 39.2 Å². The zero-order valence-electron chi connectivity index (χ0n) is 9.90. The molecule has 0 fully saturated rings. The van der Waals surface area contributed by atoms with Gasteiger partial charge in [0.05, 0.1) is 13.4 Å². The molecule has 0 aliphatic heterocycles. The minimum Gasteiger partial charge on any atom is -0.464 e. The van der Waals surface area contributed by atoms with Crippen molar-refractivity contribution in [2.24, 2.45) is 0 Å². The standard InChI is InChI=1S/C11H19N3O2/c1-3-4-5-6-7-14-8-13-9(10(14)12)11(15)16-2/h8H,3-7,12H2,1-2H3. The van der Waals surface area contributed by atoms with Crippen LogP contribution >= 0.6 is 0 Å². The molecule has 0 aliphatic carbocycles. The maximum absolute atomic E-state index is 11.2. The van der Waals surface area contributed by atoms with Crippen LogP contribution in [0, 0.1) is 0 Å². The SMILES string of the molecule is CCCCCCn1cnc(C(=O)OC)c1N. The highest BCUT2D eigenvalue weighted by atomic mass is 16.5. The Bertz CT molecular complexity index is 347. The Hall–Kier alpha value is -1.52. The molecule has 0 unspecified atom stereocenters. The van der Waals surface area contributed by atoms with E-state index in [0.717, 1.165) is 13.0 Å². The summed E-state index contributed by atoms with van der Waals surface area (Å²) in [5.41, 5.74) is 6.00. The molecule has 0 spiro atoms. The van der Waals surface area contributed by atoms with Gasteiger partial charge in [-0.25, -0.2) is 9.78 Å². The molecule has 1 rings (SSSR count). The lowest BCUT2D eigenvalue weighted by molar-refractivity contribution is 0.0596. The van der Waals surface area contributed by atoms with Gasteiger partial charge >= 0.3 is 5.97 Å². The molecule has 5 heteroatoms. The molecule has 2 N–H and O–H groups in total. The van der Waals surface area contributed by atoms with Crippen molar-refractivity contribution in [3.8, 4) is 0 Å². The molecule has 0 amide bonds. The molecule has 16 heavy (non-hydrogen) atoms. The lowest BCUT2D eigenvalue weighted by Crippen LogP contribution is -2.08. The Morgan fingerprint density at radius 3 is 2.88 bits per heavy atom. The number of hydrogen-bond donors (Lipinski definition) is 1. The number of ether oxygens (including phenoxy) is 1. The smallest absolute Gasteiger partial charge is 0.360 e. The van der Waals surface area contributed by atoms with Crippen LogP contribution in [0.2, 0.25) is 0 Å². The maximum atomic E-state index is 11.2. The maximum Gasteiger partial charge on any atom is 0.360 e. The second-order valence-electron chi connectivity index (χ2n) is 3.72. The van der Waals surface area contributed by atoms with Gasteiger partial charge in [-0.2, -0.15) is 0 Å². The van der Waals surface area contributed by atoms with Crippen molar-refractivity contribution < 1.29 is 9.53 Å². The Kier molecular flexibility index (Phi) is 4.82. The molecule has 5 nitrogen and oxygen atoms in total. The predicted octanol–water partition coefficient (Wildman–Crippen LogP) is 1.83. The van der Waals surface area contributed by atoms with Crippen molar-refractivity contribution >= 4 is 11.8 Å². The zero-order chi connectivity index (χ0) is 12.0. The zero-order valence-corrected chi connectivity index (χ0v) is 9.90. The van der Waals surface area contributed by atoms with Crippen LogP contribution in [0.3, 0.4) is 0 Å². The Labute approximate surface area is 95.6 Å². The first-order chi connectivity index (χ1) is 7.70. The number of nitrogen functional groups attached to an aromatic ring is 1. The number of carbonyl (C=O) groups is 1. The van der Waals surface area contributed by atoms with E-state index in [1.807, 2.05) is 0 Å². The van der Waals surface area contributed by atoms with Crippen LogP contribution in [-0.2, 0) is 11.3 Å². The van der Waals surface area contributed by atoms with Gasteiger partial charge in [0.2, 0.25) is 0 Å². The van der Waals surface area contributed by atoms with Crippen molar-refractivity contribution in [2.75, 3.05) is 12.8 Å². The number of rotatable bonds is 6. The number of unbranched alkanes of at least 4 members (excludes halogenated alkanes) is 3. The number of aromatic nitrogens is 2. The predicted molar refractivity (Wildman–Crippen MR) is 62.1 cm³/mol. The lowest BCUT2D eigenvalue weighted by atomic mass is 10.2. The number of anilines is 1. The number of carbonyl (C=O) groups excluding carboxylic acids is 1. The number of nitrogens with zero attached hydrogens (tertiary/aromatic N) is 2. The molecule has 0 aromatic carbocycles. The number of hydrogen-bond acceptors (Lipinski definition) is 4. The Morgan fingerprint density at radius 2 is 2.25 bits per heavy atom. The van der Waals surface area contributed by atoms with Crippen LogP contribution in [0.25, 0.3) is 0 Å². The van der Waals surface area contributed by atoms with Gasteiger partial charge < -0.3 is 15.0 Å². The minimum absolute atomic E-state index is 0.206. The van der Waals surface area contributed by atoms with Gasteiger partial charge in [-0.3, -0.25) is 0 Å². The van der Waals surface area contributed by atoms with Crippen LogP contribution in [0.15, 0.2) is 6.33 Å². The number of imidazole rings is 1. The first kappa shape index (κ1) is 12.5. The number of esters is 1. The third-order valence-electron chi connectivity index (χ3n) is 2.51. The van der Waals surface area contributed by atoms with Gasteiger partial charge in [0.25, 0.3) is 0 Å². The Balaban J connectivity index is 2.55. The van der Waals surface area contributed by atoms with Crippen LogP contribution in [-0.4, -0.2) is 22.6 Å². The van der Waals surface area contributed by atoms with Gasteiger partial charge in [-0.15, -0.1) is 0 Å². The van der Waals surface area contributed by atoms with Crippen LogP contribution < -0.4 is 5.73 Å². The molecule has 0 aliphatic rings. The van der Waals surface area contributed by atoms with Crippen LogP contribution in [0.4, 0.5) is 5.82 Å². The molecule has 1 aromatic rings. The molecule has 90 valence electrons. The monoisotopic (exact) mass is 225 g/mol. The molecule has 0 saturated heterocycles. The highest BCUT2D eigenvalue weighted by Crippen LogP contribution is 2.12. The number of aryl methyl sites for hydroxylation is 1. The number of methoxy groups -OCH3 is 1. The summed E-state index contributed by atoms with van der Waals surface area (Å²) in [6.45, 7) is 2.97. The molecule has 0 saturated carbocycles. The second-order valence-corrected chi connectivity index (χ2v) is 3.72. The summed E-state index contributed by atoms with van der Waals surface area (Å²) in [7, 11) is 1.32. The third-order valence-corrected chi connectivity index (χ3v) is 2.51. The van der Waals surface area contributed by atoms with Crippen molar-refractivity contribution in [1.29, 1.82) is 0 Å². The quantitative estimate of drug-likeness (QED) is 0.592. The molecule has 0 atom stereocenters. The van der Waals surface area contributed by atoms with E-state index in [4.69, 9.17) is 5.73 Å². The van der Waals surface area contributed by atoms with Crippen LogP contribution in [0.5, 0.6) is 0 Å². The molecular formula is C11H19N3O2. The largest absolute Gasteiger partial charge is 0.464 e. The summed E-state index contributed by atoms with van der Waals surface area (Å²) in [6, 6.07) is 0. The fourth-order valence-electron chi connectivity index (χ4n) is 1.53. The molecule has 0 radical (unpaired) electrons. The average molecular weight is 225 g/mol. The summed E-state index contributed by atoms with van der Waals surface area (Å²) in [6.07, 6.45) is 6.23. The second kappa shape index (κ2) is 6.15. The van der Waals surface area contributed by atoms with Gasteiger partial charge in [-0.05, 0) is 6.42 Å². The van der Waals surface area contributed by atoms with E-state index in [9.17, 15) is 4.79 Å². The summed E-state index contributed by atoms with van der Waals surface area (Å²) in [4.78, 5) is 15.2. The highest BCUT2D eigenvalue weighted by molar-refractivity contribution is 5.91. The van der Waals surface area contributed by atoms with Gasteiger partial charge in [-0.1, -0.05) is 26.2 Å². The normalized spacial score (nSPS) is 10.4. The lowest BCUT2D eigenvalue weighted by Gasteiger charge is -2.04. The summed E-state index contributed by atoms with van der Waals surface area (Å²) in [5.74, 6) is -0.0897. The third kappa shape index (κ3) is 2.98. The van der Waals surface area contributed by atoms with E-state index in [-0.39, 0.29) is 5.69 Å². The molecule has 1 aromatic heterocycles. The van der Waals surface area contributed by atoms with E-state index < -0.39 is 5.97 Å². The highest BCUT2D eigenvalue weighted by Gasteiger charge is 2.15. The molecule has 1 heterocycles. The van der Waals surface area contributed by atoms with E-state index >= 15 is 0 Å². The fourth-order valence-corrected chi connectivity index (χ4v) is 1.53. The van der Waals surface area contributed by atoms with Crippen molar-refractivity contribution in [3.63, 3.8) is 0 Å². The van der Waals surface area contributed by atoms with Gasteiger partial charge in [0.15, 0.2) is 5.69 Å². The topological polar surface area (TPSA) is 70.1 Å². The van der Waals surface area contributed by atoms with Crippen molar-refractivity contribution in [3.05, 3.63) is 12.0 Å². The van der Waals surface area contributed by atoms with E-state index in [2.05, 4.69) is 16.6 Å². The van der Waals surface area contributed by atoms with Crippen LogP contribution in [0.1, 0.15) is 43.1 Å². The van der Waals surface area contributed by atoms with E-state index in [1.165, 1.54) is 26.4 Å². The fraction of sp³-hybridized carbons (Fsp3) is 0.636.